The molecule has 2 aromatic carbocycles. The molecule has 3 N–H and O–H groups in total. The Morgan fingerprint density at radius 1 is 1.04 bits per heavy atom. The van der Waals surface area contributed by atoms with E-state index in [-0.39, 0.29) is 11.4 Å². The van der Waals surface area contributed by atoms with E-state index in [0.717, 1.165) is 56.1 Å². The fourth-order valence-electron chi connectivity index (χ4n) is 3.90. The molecule has 1 aliphatic carbocycles. The number of hydrogen-bond donors (Lipinski definition) is 2. The summed E-state index contributed by atoms with van der Waals surface area (Å²) >= 11 is 0. The number of rotatable bonds is 9. The lowest BCUT2D eigenvalue weighted by Crippen LogP contribution is -2.54. The lowest BCUT2D eigenvalue weighted by atomic mass is 9.67. The van der Waals surface area contributed by atoms with Gasteiger partial charge in [-0.25, -0.2) is 4.39 Å². The Hall–Kier alpha value is -1.65. The van der Waals surface area contributed by atoms with Crippen LogP contribution < -0.4 is 11.1 Å². The molecule has 2 radical (unpaired) electrons. The largest absolute Gasteiger partial charge is 0.325 e. The predicted octanol–water partition coefficient (Wildman–Crippen LogP) is 4.84. The highest BCUT2D eigenvalue weighted by Crippen LogP contribution is 2.38. The highest BCUT2D eigenvalue weighted by molar-refractivity contribution is 6.08. The fraction of sp³-hybridized carbons (Fsp3) is 0.478. The molecule has 2 aromatic rings. The van der Waals surface area contributed by atoms with Crippen LogP contribution in [0.15, 0.2) is 48.5 Å². The van der Waals surface area contributed by atoms with Gasteiger partial charge in [-0.1, -0.05) is 55.6 Å². The molecule has 3 rings (SSSR count). The standard InChI is InChI=1S/C23H30BFN2/c1-23(26,12-2-3-13-24)20-14-22(15-20)27-16-17-4-6-18(7-5-17)19-8-10-21(25)11-9-19/h4-11,20,22,27H,2-3,12-16,26H2,1H3/t20?,22?,23-/m0/s1. The summed E-state index contributed by atoms with van der Waals surface area (Å²) in [6.07, 6.45) is 6.32. The van der Waals surface area contributed by atoms with Gasteiger partial charge in [0, 0.05) is 18.1 Å². The van der Waals surface area contributed by atoms with Crippen molar-refractivity contribution in [1.82, 2.24) is 5.32 Å². The molecular weight excluding hydrogens is 334 g/mol. The van der Waals surface area contributed by atoms with Gasteiger partial charge >= 0.3 is 0 Å². The van der Waals surface area contributed by atoms with E-state index < -0.39 is 0 Å². The fourth-order valence-corrected chi connectivity index (χ4v) is 3.90. The van der Waals surface area contributed by atoms with E-state index in [1.807, 2.05) is 12.1 Å². The van der Waals surface area contributed by atoms with Crippen LogP contribution >= 0.6 is 0 Å². The van der Waals surface area contributed by atoms with Gasteiger partial charge in [-0.3, -0.25) is 0 Å². The molecule has 142 valence electrons. The van der Waals surface area contributed by atoms with E-state index in [1.165, 1.54) is 17.7 Å². The van der Waals surface area contributed by atoms with Crippen LogP contribution in [-0.4, -0.2) is 19.4 Å². The minimum atomic E-state index is -0.202. The van der Waals surface area contributed by atoms with E-state index in [0.29, 0.717) is 12.0 Å². The summed E-state index contributed by atoms with van der Waals surface area (Å²) in [5.41, 5.74) is 9.87. The van der Waals surface area contributed by atoms with Crippen LogP contribution in [0.3, 0.4) is 0 Å². The van der Waals surface area contributed by atoms with Gasteiger partial charge in [-0.2, -0.15) is 0 Å². The summed E-state index contributed by atoms with van der Waals surface area (Å²) < 4.78 is 13.0. The van der Waals surface area contributed by atoms with Gasteiger partial charge in [0.2, 0.25) is 0 Å². The molecule has 0 heterocycles. The molecule has 0 aliphatic heterocycles. The number of nitrogens with one attached hydrogen (secondary N) is 1. The number of halogens is 1. The van der Waals surface area contributed by atoms with E-state index >= 15 is 0 Å². The lowest BCUT2D eigenvalue weighted by molar-refractivity contribution is 0.123. The summed E-state index contributed by atoms with van der Waals surface area (Å²) in [5, 5.41) is 3.65. The van der Waals surface area contributed by atoms with E-state index in [9.17, 15) is 4.39 Å². The molecule has 0 unspecified atom stereocenters. The van der Waals surface area contributed by atoms with Gasteiger partial charge in [-0.05, 0) is 60.9 Å². The first kappa shape index (κ1) is 20.1. The molecule has 4 heteroatoms. The Morgan fingerprint density at radius 2 is 1.63 bits per heavy atom. The Kier molecular flexibility index (Phi) is 6.72. The summed E-state index contributed by atoms with van der Waals surface area (Å²) in [6, 6.07) is 15.7. The van der Waals surface area contributed by atoms with Crippen molar-refractivity contribution >= 4 is 7.85 Å². The topological polar surface area (TPSA) is 38.0 Å². The SMILES string of the molecule is [B]CCCC[C@](C)(N)C1CC(NCc2ccc(-c3ccc(F)cc3)cc2)C1. The van der Waals surface area contributed by atoms with Crippen molar-refractivity contribution in [3.8, 4) is 11.1 Å². The zero-order chi connectivity index (χ0) is 19.3. The quantitative estimate of drug-likeness (QED) is 0.494. The zero-order valence-corrected chi connectivity index (χ0v) is 16.3. The maximum Gasteiger partial charge on any atom is 0.123 e. The highest BCUT2D eigenvalue weighted by Gasteiger charge is 2.39. The third-order valence-corrected chi connectivity index (χ3v) is 5.97. The highest BCUT2D eigenvalue weighted by atomic mass is 19.1. The number of benzene rings is 2. The summed E-state index contributed by atoms with van der Waals surface area (Å²) in [7, 11) is 5.58. The molecule has 1 saturated carbocycles. The third kappa shape index (κ3) is 5.43. The van der Waals surface area contributed by atoms with Gasteiger partial charge in [-0.15, -0.1) is 0 Å². The van der Waals surface area contributed by atoms with E-state index in [2.05, 4.69) is 36.5 Å². The van der Waals surface area contributed by atoms with Gasteiger partial charge < -0.3 is 11.1 Å². The van der Waals surface area contributed by atoms with Crippen molar-refractivity contribution in [3.63, 3.8) is 0 Å². The Labute approximate surface area is 164 Å². The van der Waals surface area contributed by atoms with Crippen molar-refractivity contribution in [2.75, 3.05) is 0 Å². The Morgan fingerprint density at radius 3 is 2.22 bits per heavy atom. The zero-order valence-electron chi connectivity index (χ0n) is 16.3. The Bertz CT molecular complexity index is 706. The summed E-state index contributed by atoms with van der Waals surface area (Å²) in [5.74, 6) is 0.403. The van der Waals surface area contributed by atoms with Crippen LogP contribution in [0.25, 0.3) is 11.1 Å². The molecule has 27 heavy (non-hydrogen) atoms. The molecule has 0 amide bonds. The van der Waals surface area contributed by atoms with Crippen molar-refractivity contribution in [1.29, 1.82) is 0 Å². The number of unbranched alkanes of at least 4 members (excludes halogenated alkanes) is 1. The second kappa shape index (κ2) is 9.03. The van der Waals surface area contributed by atoms with Gasteiger partial charge in [0.15, 0.2) is 0 Å². The van der Waals surface area contributed by atoms with Crippen molar-refractivity contribution in [2.24, 2.45) is 11.7 Å². The van der Waals surface area contributed by atoms with Gasteiger partial charge in [0.05, 0.1) is 7.85 Å². The average Bonchev–Trinajstić information content (AvgIpc) is 2.61. The van der Waals surface area contributed by atoms with Gasteiger partial charge in [0.1, 0.15) is 5.82 Å². The molecule has 0 aromatic heterocycles. The molecule has 0 spiro atoms. The molecule has 2 nitrogen and oxygen atoms in total. The smallest absolute Gasteiger partial charge is 0.123 e. The molecule has 1 atom stereocenters. The minimum absolute atomic E-state index is 0.0653. The maximum atomic E-state index is 13.0. The first-order valence-corrected chi connectivity index (χ1v) is 10.0. The second-order valence-corrected chi connectivity index (χ2v) is 8.20. The summed E-state index contributed by atoms with van der Waals surface area (Å²) in [4.78, 5) is 0. The van der Waals surface area contributed by atoms with Crippen LogP contribution in [0.2, 0.25) is 6.32 Å². The first-order valence-electron chi connectivity index (χ1n) is 10.0. The van der Waals surface area contributed by atoms with Crippen LogP contribution in [0.4, 0.5) is 4.39 Å². The van der Waals surface area contributed by atoms with Crippen LogP contribution in [0, 0.1) is 11.7 Å². The molecule has 1 fully saturated rings. The van der Waals surface area contributed by atoms with Crippen molar-refractivity contribution in [2.45, 2.75) is 63.5 Å². The van der Waals surface area contributed by atoms with E-state index in [4.69, 9.17) is 13.6 Å². The molecule has 1 aliphatic rings. The first-order chi connectivity index (χ1) is 13.0. The van der Waals surface area contributed by atoms with Crippen molar-refractivity contribution < 1.29 is 4.39 Å². The number of nitrogens with two attached hydrogens (primary N) is 1. The Balaban J connectivity index is 1.43. The number of hydrogen-bond acceptors (Lipinski definition) is 2. The van der Waals surface area contributed by atoms with Crippen molar-refractivity contribution in [3.05, 3.63) is 59.9 Å². The average molecular weight is 364 g/mol. The lowest BCUT2D eigenvalue weighted by Gasteiger charge is -2.46. The third-order valence-electron chi connectivity index (χ3n) is 5.97. The van der Waals surface area contributed by atoms with Gasteiger partial charge in [0.25, 0.3) is 0 Å². The van der Waals surface area contributed by atoms with E-state index in [1.54, 1.807) is 0 Å². The van der Waals surface area contributed by atoms with Crippen LogP contribution in [0.1, 0.15) is 44.6 Å². The molecule has 0 bridgehead atoms. The van der Waals surface area contributed by atoms with Crippen LogP contribution in [-0.2, 0) is 6.54 Å². The van der Waals surface area contributed by atoms with Crippen LogP contribution in [0.5, 0.6) is 0 Å². The monoisotopic (exact) mass is 364 g/mol. The molecule has 0 saturated heterocycles. The maximum absolute atomic E-state index is 13.0. The minimum Gasteiger partial charge on any atom is -0.325 e. The molecular formula is C23H30BFN2. The second-order valence-electron chi connectivity index (χ2n) is 8.20. The normalized spacial score (nSPS) is 21.4. The predicted molar refractivity (Wildman–Crippen MR) is 112 cm³/mol. The summed E-state index contributed by atoms with van der Waals surface area (Å²) in [6.45, 7) is 3.06.